The molecule has 160 valence electrons. The lowest BCUT2D eigenvalue weighted by Crippen LogP contribution is -2.54. The van der Waals surface area contributed by atoms with Gasteiger partial charge in [0.2, 0.25) is 0 Å². The van der Waals surface area contributed by atoms with E-state index >= 15 is 0 Å². The molecular formula is C25H42O3. The molecule has 0 spiro atoms. The molecular weight excluding hydrogens is 348 g/mol. The highest BCUT2D eigenvalue weighted by Crippen LogP contribution is 2.68. The van der Waals surface area contributed by atoms with Crippen LogP contribution in [0.1, 0.15) is 91.4 Å². The Bertz CT molecular complexity index is 588. The molecule has 4 aliphatic carbocycles. The summed E-state index contributed by atoms with van der Waals surface area (Å²) in [6, 6.07) is 0. The van der Waals surface area contributed by atoms with Crippen LogP contribution >= 0.6 is 0 Å². The molecule has 1 unspecified atom stereocenters. The smallest absolute Gasteiger partial charge is 0.305 e. The molecule has 0 heterocycles. The average molecular weight is 391 g/mol. The van der Waals surface area contributed by atoms with Gasteiger partial charge in [0.15, 0.2) is 0 Å². The summed E-state index contributed by atoms with van der Waals surface area (Å²) in [7, 11) is 1.50. The predicted octanol–water partition coefficient (Wildman–Crippen LogP) is 5.60. The fraction of sp³-hybridized carbons (Fsp3) is 0.960. The van der Waals surface area contributed by atoms with Crippen LogP contribution in [0.4, 0.5) is 0 Å². The van der Waals surface area contributed by atoms with Crippen molar-refractivity contribution in [1.29, 1.82) is 0 Å². The number of carbonyl (C=O) groups is 1. The number of hydrogen-bond acceptors (Lipinski definition) is 3. The van der Waals surface area contributed by atoms with Crippen LogP contribution in [0.15, 0.2) is 0 Å². The summed E-state index contributed by atoms with van der Waals surface area (Å²) >= 11 is 0. The van der Waals surface area contributed by atoms with Crippen molar-refractivity contribution in [2.24, 2.45) is 46.3 Å². The third-order valence-corrected chi connectivity index (χ3v) is 10.4. The number of methoxy groups -OCH3 is 1. The van der Waals surface area contributed by atoms with Crippen molar-refractivity contribution in [1.82, 2.24) is 0 Å². The van der Waals surface area contributed by atoms with E-state index in [1.54, 1.807) is 0 Å². The number of ether oxygens (including phenoxy) is 1. The number of esters is 1. The van der Waals surface area contributed by atoms with Crippen LogP contribution in [-0.2, 0) is 9.53 Å². The zero-order valence-electron chi connectivity index (χ0n) is 18.6. The van der Waals surface area contributed by atoms with Crippen molar-refractivity contribution in [3.05, 3.63) is 0 Å². The van der Waals surface area contributed by atoms with Crippen molar-refractivity contribution < 1.29 is 14.6 Å². The quantitative estimate of drug-likeness (QED) is 0.636. The summed E-state index contributed by atoms with van der Waals surface area (Å²) in [6.07, 6.45) is 13.1. The van der Waals surface area contributed by atoms with E-state index in [4.69, 9.17) is 4.74 Å². The summed E-state index contributed by atoms with van der Waals surface area (Å²) < 4.78 is 4.88. The molecule has 4 fully saturated rings. The van der Waals surface area contributed by atoms with Crippen molar-refractivity contribution >= 4 is 5.97 Å². The Labute approximate surface area is 172 Å². The van der Waals surface area contributed by atoms with Gasteiger partial charge < -0.3 is 9.84 Å². The maximum atomic E-state index is 11.6. The van der Waals surface area contributed by atoms with Gasteiger partial charge in [-0.25, -0.2) is 0 Å². The Morgan fingerprint density at radius 2 is 1.75 bits per heavy atom. The molecule has 3 nitrogen and oxygen atoms in total. The summed E-state index contributed by atoms with van der Waals surface area (Å²) in [5.74, 6) is 4.72. The van der Waals surface area contributed by atoms with Gasteiger partial charge in [-0.3, -0.25) is 4.79 Å². The van der Waals surface area contributed by atoms with E-state index < -0.39 is 0 Å². The topological polar surface area (TPSA) is 46.5 Å². The second-order valence-electron chi connectivity index (χ2n) is 11.4. The zero-order valence-corrected chi connectivity index (χ0v) is 18.6. The summed E-state index contributed by atoms with van der Waals surface area (Å²) in [4.78, 5) is 11.6. The largest absolute Gasteiger partial charge is 0.469 e. The van der Waals surface area contributed by atoms with E-state index in [0.717, 1.165) is 48.9 Å². The minimum Gasteiger partial charge on any atom is -0.469 e. The minimum atomic E-state index is -0.0546. The summed E-state index contributed by atoms with van der Waals surface area (Å²) in [5.41, 5.74) is 0.937. The Balaban J connectivity index is 1.48. The van der Waals surface area contributed by atoms with E-state index in [0.29, 0.717) is 23.2 Å². The molecule has 0 aromatic carbocycles. The van der Waals surface area contributed by atoms with Crippen molar-refractivity contribution in [3.8, 4) is 0 Å². The summed E-state index contributed by atoms with van der Waals surface area (Å²) in [6.45, 7) is 7.56. The Kier molecular flexibility index (Phi) is 5.61. The van der Waals surface area contributed by atoms with E-state index in [-0.39, 0.29) is 12.1 Å². The first-order valence-corrected chi connectivity index (χ1v) is 12.0. The highest BCUT2D eigenvalue weighted by molar-refractivity contribution is 5.69. The molecule has 4 saturated carbocycles. The van der Waals surface area contributed by atoms with Crippen molar-refractivity contribution in [2.45, 2.75) is 97.5 Å². The van der Waals surface area contributed by atoms with Gasteiger partial charge in [-0.15, -0.1) is 0 Å². The van der Waals surface area contributed by atoms with Gasteiger partial charge in [0, 0.05) is 6.42 Å². The zero-order chi connectivity index (χ0) is 20.1. The van der Waals surface area contributed by atoms with E-state index in [1.165, 1.54) is 52.1 Å². The average Bonchev–Trinajstić information content (AvgIpc) is 3.03. The lowest BCUT2D eigenvalue weighted by Gasteiger charge is -2.61. The molecule has 0 amide bonds. The molecule has 28 heavy (non-hydrogen) atoms. The Morgan fingerprint density at radius 3 is 2.50 bits per heavy atom. The number of fused-ring (bicyclic) bond motifs is 5. The number of carbonyl (C=O) groups excluding carboxylic acids is 1. The number of aliphatic hydroxyl groups excluding tert-OH is 1. The van der Waals surface area contributed by atoms with E-state index in [9.17, 15) is 9.90 Å². The molecule has 0 aliphatic heterocycles. The second kappa shape index (κ2) is 7.60. The highest BCUT2D eigenvalue weighted by atomic mass is 16.5. The lowest BCUT2D eigenvalue weighted by molar-refractivity contribution is -0.141. The first kappa shape index (κ1) is 20.7. The Morgan fingerprint density at radius 1 is 1.04 bits per heavy atom. The number of hydrogen-bond donors (Lipinski definition) is 1. The first-order valence-electron chi connectivity index (χ1n) is 12.0. The van der Waals surface area contributed by atoms with Crippen LogP contribution in [0.2, 0.25) is 0 Å². The predicted molar refractivity (Wildman–Crippen MR) is 112 cm³/mol. The molecule has 9 atom stereocenters. The fourth-order valence-electron chi connectivity index (χ4n) is 8.86. The number of aliphatic hydroxyl groups is 1. The molecule has 0 radical (unpaired) electrons. The van der Waals surface area contributed by atoms with Gasteiger partial charge >= 0.3 is 5.97 Å². The molecule has 0 aromatic heterocycles. The van der Waals surface area contributed by atoms with Crippen LogP contribution in [0.3, 0.4) is 0 Å². The Hall–Kier alpha value is -0.570. The summed E-state index contributed by atoms with van der Waals surface area (Å²) in [5, 5.41) is 10.2. The van der Waals surface area contributed by atoms with Gasteiger partial charge in [-0.2, -0.15) is 0 Å². The molecule has 0 bridgehead atoms. The third-order valence-electron chi connectivity index (χ3n) is 10.4. The van der Waals surface area contributed by atoms with Crippen LogP contribution in [-0.4, -0.2) is 24.3 Å². The van der Waals surface area contributed by atoms with Gasteiger partial charge in [0.05, 0.1) is 13.2 Å². The molecule has 4 aliphatic rings. The molecule has 4 rings (SSSR count). The lowest BCUT2D eigenvalue weighted by atomic mass is 9.44. The van der Waals surface area contributed by atoms with Crippen molar-refractivity contribution in [2.75, 3.05) is 7.11 Å². The van der Waals surface area contributed by atoms with Crippen molar-refractivity contribution in [3.63, 3.8) is 0 Å². The number of rotatable bonds is 4. The van der Waals surface area contributed by atoms with Crippen LogP contribution in [0.25, 0.3) is 0 Å². The second-order valence-corrected chi connectivity index (χ2v) is 11.4. The maximum absolute atomic E-state index is 11.6. The van der Waals surface area contributed by atoms with E-state index in [1.807, 2.05) is 0 Å². The van der Waals surface area contributed by atoms with Crippen LogP contribution in [0.5, 0.6) is 0 Å². The van der Waals surface area contributed by atoms with Gasteiger partial charge in [0.1, 0.15) is 0 Å². The molecule has 0 saturated heterocycles. The van der Waals surface area contributed by atoms with Gasteiger partial charge in [0.25, 0.3) is 0 Å². The monoisotopic (exact) mass is 390 g/mol. The first-order chi connectivity index (χ1) is 13.3. The SMILES string of the molecule is COC(=O)CCC(C)[C@H]1CC[C@H]2[C@@H]3CC[C@@H]4C[C@H](O)CC[C@]4(C)[C@H]3CC[C@]12C. The third kappa shape index (κ3) is 3.24. The minimum absolute atomic E-state index is 0.0463. The van der Waals surface area contributed by atoms with Crippen LogP contribution < -0.4 is 0 Å². The molecule has 0 aromatic rings. The highest BCUT2D eigenvalue weighted by Gasteiger charge is 2.60. The van der Waals surface area contributed by atoms with Gasteiger partial charge in [-0.05, 0) is 111 Å². The molecule has 1 N–H and O–H groups in total. The van der Waals surface area contributed by atoms with Gasteiger partial charge in [-0.1, -0.05) is 20.8 Å². The van der Waals surface area contributed by atoms with Crippen LogP contribution in [0, 0.1) is 46.3 Å². The normalized spacial score (nSPS) is 48.9. The maximum Gasteiger partial charge on any atom is 0.305 e. The van der Waals surface area contributed by atoms with E-state index in [2.05, 4.69) is 20.8 Å². The standard InChI is InChI=1S/C25H42O3/c1-16(5-10-23(27)28-4)20-8-9-21-19-7-6-17-15-18(26)11-13-24(17,2)22(19)12-14-25(20,21)3/h16-22,26H,5-15H2,1-4H3/t16?,17-,18-,19+,20-,21+,22+,24+,25-/m1/s1. The molecule has 3 heteroatoms. The fourth-order valence-corrected chi connectivity index (χ4v) is 8.86.